The van der Waals surface area contributed by atoms with E-state index in [-0.39, 0.29) is 35.1 Å². The molecule has 2 fully saturated rings. The molecule has 0 bridgehead atoms. The summed E-state index contributed by atoms with van der Waals surface area (Å²) in [6.07, 6.45) is -1.10. The SMILES string of the molecule is NC(=O)[C@H]1CN(c2cc(F)c3nc(N4CCC(=O)CC4)oc3c2)C(=O)O1. The average molecular weight is 362 g/mol. The number of hydrogen-bond donors (Lipinski definition) is 1. The first-order valence-corrected chi connectivity index (χ1v) is 8.06. The van der Waals surface area contributed by atoms with Gasteiger partial charge < -0.3 is 19.8 Å². The minimum absolute atomic E-state index is 0.0275. The maximum Gasteiger partial charge on any atom is 0.415 e. The molecule has 0 aliphatic carbocycles. The number of cyclic esters (lactones) is 1. The van der Waals surface area contributed by atoms with E-state index in [4.69, 9.17) is 14.9 Å². The largest absolute Gasteiger partial charge is 0.434 e. The molecule has 2 saturated heterocycles. The molecule has 0 saturated carbocycles. The van der Waals surface area contributed by atoms with Crippen LogP contribution in [0.25, 0.3) is 11.1 Å². The summed E-state index contributed by atoms with van der Waals surface area (Å²) in [7, 11) is 0. The van der Waals surface area contributed by atoms with Gasteiger partial charge in [-0.2, -0.15) is 4.98 Å². The molecular formula is C16H15FN4O5. The molecule has 0 spiro atoms. The van der Waals surface area contributed by atoms with Crippen LogP contribution >= 0.6 is 0 Å². The third kappa shape index (κ3) is 2.72. The molecule has 3 heterocycles. The van der Waals surface area contributed by atoms with Gasteiger partial charge in [-0.1, -0.05) is 0 Å². The van der Waals surface area contributed by atoms with Crippen LogP contribution in [-0.2, 0) is 14.3 Å². The summed E-state index contributed by atoms with van der Waals surface area (Å²) in [5, 5.41) is 0. The molecule has 26 heavy (non-hydrogen) atoms. The second kappa shape index (κ2) is 5.97. The lowest BCUT2D eigenvalue weighted by Crippen LogP contribution is -2.33. The molecule has 2 aliphatic heterocycles. The van der Waals surface area contributed by atoms with Crippen molar-refractivity contribution in [2.24, 2.45) is 5.73 Å². The van der Waals surface area contributed by atoms with Crippen LogP contribution < -0.4 is 15.5 Å². The monoisotopic (exact) mass is 362 g/mol. The smallest absolute Gasteiger partial charge is 0.415 e. The number of anilines is 2. The van der Waals surface area contributed by atoms with Crippen molar-refractivity contribution in [3.63, 3.8) is 0 Å². The van der Waals surface area contributed by atoms with Crippen molar-refractivity contribution in [2.45, 2.75) is 18.9 Å². The van der Waals surface area contributed by atoms with Crippen LogP contribution in [0.2, 0.25) is 0 Å². The molecule has 136 valence electrons. The summed E-state index contributed by atoms with van der Waals surface area (Å²) < 4.78 is 24.9. The summed E-state index contributed by atoms with van der Waals surface area (Å²) in [5.74, 6) is -1.28. The number of nitrogens with two attached hydrogens (primary N) is 1. The molecule has 2 N–H and O–H groups in total. The van der Waals surface area contributed by atoms with Gasteiger partial charge in [0.05, 0.1) is 12.2 Å². The van der Waals surface area contributed by atoms with Gasteiger partial charge in [-0.15, -0.1) is 0 Å². The summed E-state index contributed by atoms with van der Waals surface area (Å²) in [6.45, 7) is 0.812. The van der Waals surface area contributed by atoms with Crippen LogP contribution in [0.1, 0.15) is 12.8 Å². The lowest BCUT2D eigenvalue weighted by Gasteiger charge is -2.23. The number of halogens is 1. The first-order chi connectivity index (χ1) is 12.4. The molecule has 10 heteroatoms. The number of piperidine rings is 1. The van der Waals surface area contributed by atoms with Crippen LogP contribution in [0.3, 0.4) is 0 Å². The second-order valence-corrected chi connectivity index (χ2v) is 6.18. The van der Waals surface area contributed by atoms with Crippen molar-refractivity contribution >= 4 is 40.6 Å². The van der Waals surface area contributed by atoms with Crippen molar-refractivity contribution in [3.8, 4) is 0 Å². The number of aromatic nitrogens is 1. The number of rotatable bonds is 3. The summed E-state index contributed by atoms with van der Waals surface area (Å²) in [5.41, 5.74) is 5.50. The van der Waals surface area contributed by atoms with E-state index in [1.165, 1.54) is 6.07 Å². The summed E-state index contributed by atoms with van der Waals surface area (Å²) in [6, 6.07) is 2.80. The number of fused-ring (bicyclic) bond motifs is 1. The lowest BCUT2D eigenvalue weighted by molar-refractivity contribution is -0.124. The molecule has 1 aromatic heterocycles. The standard InChI is InChI=1S/C16H15FN4O5/c17-10-5-8(21-7-12(14(18)23)26-16(21)24)6-11-13(10)19-15(25-11)20-3-1-9(22)2-4-20/h5-6,12H,1-4,7H2,(H2,18,23)/t12-/m1/s1. The Kier molecular flexibility index (Phi) is 3.74. The second-order valence-electron chi connectivity index (χ2n) is 6.18. The van der Waals surface area contributed by atoms with E-state index in [2.05, 4.69) is 4.98 Å². The topological polar surface area (TPSA) is 119 Å². The predicted molar refractivity (Wildman–Crippen MR) is 87.2 cm³/mol. The van der Waals surface area contributed by atoms with Crippen molar-refractivity contribution in [3.05, 3.63) is 17.9 Å². The van der Waals surface area contributed by atoms with Crippen LogP contribution in [-0.4, -0.2) is 48.5 Å². The Bertz CT molecular complexity index is 917. The van der Waals surface area contributed by atoms with Gasteiger partial charge in [0.2, 0.25) is 0 Å². The van der Waals surface area contributed by atoms with Crippen LogP contribution in [0, 0.1) is 5.82 Å². The summed E-state index contributed by atoms with van der Waals surface area (Å²) >= 11 is 0. The third-order valence-corrected chi connectivity index (χ3v) is 4.45. The Morgan fingerprint density at radius 3 is 2.65 bits per heavy atom. The zero-order valence-corrected chi connectivity index (χ0v) is 13.6. The third-order valence-electron chi connectivity index (χ3n) is 4.45. The molecule has 2 aromatic rings. The first kappa shape index (κ1) is 16.3. The van der Waals surface area contributed by atoms with Crippen LogP contribution in [0.5, 0.6) is 0 Å². The quantitative estimate of drug-likeness (QED) is 0.863. The molecule has 1 aromatic carbocycles. The molecule has 2 aliphatic rings. The fourth-order valence-electron chi connectivity index (χ4n) is 3.02. The van der Waals surface area contributed by atoms with Gasteiger partial charge in [0.1, 0.15) is 11.3 Å². The van der Waals surface area contributed by atoms with Gasteiger partial charge in [-0.3, -0.25) is 14.5 Å². The number of nitrogens with zero attached hydrogens (tertiary/aromatic N) is 3. The lowest BCUT2D eigenvalue weighted by atomic mass is 10.1. The Labute approximate surface area is 146 Å². The van der Waals surface area contributed by atoms with Gasteiger partial charge in [0, 0.05) is 38.1 Å². The number of carbonyl (C=O) groups is 3. The number of primary amides is 1. The molecule has 1 atom stereocenters. The number of amides is 2. The van der Waals surface area contributed by atoms with E-state index >= 15 is 0 Å². The van der Waals surface area contributed by atoms with Crippen LogP contribution in [0.4, 0.5) is 20.9 Å². The fraction of sp³-hybridized carbons (Fsp3) is 0.375. The molecule has 9 nitrogen and oxygen atoms in total. The van der Waals surface area contributed by atoms with E-state index in [1.54, 1.807) is 4.90 Å². The van der Waals surface area contributed by atoms with Crippen molar-refractivity contribution < 1.29 is 27.9 Å². The minimum atomic E-state index is -1.09. The van der Waals surface area contributed by atoms with E-state index in [9.17, 15) is 18.8 Å². The number of ether oxygens (including phenoxy) is 1. The van der Waals surface area contributed by atoms with Gasteiger partial charge in [-0.25, -0.2) is 9.18 Å². The zero-order valence-electron chi connectivity index (χ0n) is 13.6. The van der Waals surface area contributed by atoms with Gasteiger partial charge in [-0.05, 0) is 0 Å². The van der Waals surface area contributed by atoms with E-state index < -0.39 is 23.9 Å². The Morgan fingerprint density at radius 2 is 2.00 bits per heavy atom. The molecule has 4 rings (SSSR count). The highest BCUT2D eigenvalue weighted by Crippen LogP contribution is 2.31. The highest BCUT2D eigenvalue weighted by molar-refractivity contribution is 5.96. The molecule has 2 amide bonds. The maximum atomic E-state index is 14.5. The van der Waals surface area contributed by atoms with E-state index in [0.717, 1.165) is 11.0 Å². The molecular weight excluding hydrogens is 347 g/mol. The number of hydrogen-bond acceptors (Lipinski definition) is 7. The zero-order chi connectivity index (χ0) is 18.4. The summed E-state index contributed by atoms with van der Waals surface area (Å²) in [4.78, 5) is 41.5. The van der Waals surface area contributed by atoms with E-state index in [1.807, 2.05) is 0 Å². The Balaban J connectivity index is 1.65. The van der Waals surface area contributed by atoms with Gasteiger partial charge in [0.15, 0.2) is 17.5 Å². The number of Topliss-reactive ketones (excluding diaryl/α,β-unsaturated/α-hetero) is 1. The highest BCUT2D eigenvalue weighted by Gasteiger charge is 2.36. The van der Waals surface area contributed by atoms with Crippen molar-refractivity contribution in [1.82, 2.24) is 4.98 Å². The number of oxazole rings is 1. The molecule has 0 unspecified atom stereocenters. The van der Waals surface area contributed by atoms with Gasteiger partial charge >= 0.3 is 6.09 Å². The highest BCUT2D eigenvalue weighted by atomic mass is 19.1. The van der Waals surface area contributed by atoms with E-state index in [0.29, 0.717) is 25.9 Å². The number of carbonyl (C=O) groups excluding carboxylic acids is 3. The average Bonchev–Trinajstić information content (AvgIpc) is 3.19. The Hall–Kier alpha value is -3.17. The van der Waals surface area contributed by atoms with Gasteiger partial charge in [0.25, 0.3) is 11.9 Å². The maximum absolute atomic E-state index is 14.5. The molecule has 0 radical (unpaired) electrons. The van der Waals surface area contributed by atoms with Crippen molar-refractivity contribution in [2.75, 3.05) is 29.4 Å². The van der Waals surface area contributed by atoms with Crippen molar-refractivity contribution in [1.29, 1.82) is 0 Å². The fourth-order valence-corrected chi connectivity index (χ4v) is 3.02. The minimum Gasteiger partial charge on any atom is -0.434 e. The predicted octanol–water partition coefficient (Wildman–Crippen LogP) is 0.947. The number of benzene rings is 1. The van der Waals surface area contributed by atoms with Crippen LogP contribution in [0.15, 0.2) is 16.5 Å². The first-order valence-electron chi connectivity index (χ1n) is 8.06. The normalized spacial score (nSPS) is 20.7. The Morgan fingerprint density at radius 1 is 1.27 bits per heavy atom. The number of ketones is 1.